The molecule has 1 saturated carbocycles. The molecule has 3 aliphatic rings. The van der Waals surface area contributed by atoms with E-state index in [0.717, 1.165) is 31.5 Å². The lowest BCUT2D eigenvalue weighted by atomic mass is 9.81. The third kappa shape index (κ3) is 2.82. The van der Waals surface area contributed by atoms with Gasteiger partial charge < -0.3 is 14.8 Å². The molecule has 1 aliphatic carbocycles. The number of carbonyl (C=O) groups is 3. The van der Waals surface area contributed by atoms with Gasteiger partial charge in [-0.3, -0.25) is 19.3 Å². The van der Waals surface area contributed by atoms with Crippen LogP contribution in [0, 0.1) is 11.8 Å². The maximum absolute atomic E-state index is 13.0. The van der Waals surface area contributed by atoms with E-state index in [1.807, 2.05) is 17.8 Å². The van der Waals surface area contributed by atoms with Gasteiger partial charge in [-0.25, -0.2) is 4.98 Å². The van der Waals surface area contributed by atoms with Crippen LogP contribution in [0.25, 0.3) is 0 Å². The molecule has 26 heavy (non-hydrogen) atoms. The van der Waals surface area contributed by atoms with Crippen LogP contribution in [0.3, 0.4) is 0 Å². The van der Waals surface area contributed by atoms with Gasteiger partial charge in [0.05, 0.1) is 11.8 Å². The average molecular weight is 359 g/mol. The Kier molecular flexibility index (Phi) is 4.52. The summed E-state index contributed by atoms with van der Waals surface area (Å²) in [5.41, 5.74) is 0. The van der Waals surface area contributed by atoms with Crippen molar-refractivity contribution in [1.29, 1.82) is 0 Å². The first-order valence-corrected chi connectivity index (χ1v) is 9.40. The molecule has 2 saturated heterocycles. The number of hydrogen-bond donors (Lipinski definition) is 1. The van der Waals surface area contributed by atoms with E-state index in [-0.39, 0.29) is 42.1 Å². The summed E-state index contributed by atoms with van der Waals surface area (Å²) in [6.45, 7) is 1.70. The number of nitrogens with zero attached hydrogens (tertiary/aromatic N) is 4. The maximum Gasteiger partial charge on any atom is 0.243 e. The van der Waals surface area contributed by atoms with Crippen LogP contribution in [0.15, 0.2) is 12.4 Å². The molecule has 3 fully saturated rings. The first-order chi connectivity index (χ1) is 12.6. The van der Waals surface area contributed by atoms with E-state index in [2.05, 4.69) is 10.3 Å². The summed E-state index contributed by atoms with van der Waals surface area (Å²) < 4.78 is 1.90. The van der Waals surface area contributed by atoms with Gasteiger partial charge in [0.2, 0.25) is 17.7 Å². The Labute approximate surface area is 152 Å². The highest BCUT2D eigenvalue weighted by Crippen LogP contribution is 2.38. The van der Waals surface area contributed by atoms with Gasteiger partial charge in [-0.1, -0.05) is 12.8 Å². The van der Waals surface area contributed by atoms with E-state index in [1.165, 1.54) is 4.90 Å². The Balaban J connectivity index is 1.50. The largest absolute Gasteiger partial charge is 0.336 e. The Bertz CT molecular complexity index is 706. The number of hydrogen-bond acceptors (Lipinski definition) is 5. The smallest absolute Gasteiger partial charge is 0.243 e. The molecule has 3 atom stereocenters. The Morgan fingerprint density at radius 2 is 1.92 bits per heavy atom. The quantitative estimate of drug-likeness (QED) is 0.772. The minimum atomic E-state index is -0.211. The fraction of sp³-hybridized carbons (Fsp3) is 0.667. The van der Waals surface area contributed by atoms with Crippen molar-refractivity contribution in [2.24, 2.45) is 18.9 Å². The minimum absolute atomic E-state index is 0.147. The van der Waals surface area contributed by atoms with E-state index in [0.29, 0.717) is 19.6 Å². The number of fused-ring (bicyclic) bond motifs is 1. The fourth-order valence-corrected chi connectivity index (χ4v) is 4.54. The van der Waals surface area contributed by atoms with Crippen molar-refractivity contribution in [1.82, 2.24) is 24.7 Å². The van der Waals surface area contributed by atoms with E-state index in [1.54, 1.807) is 11.1 Å². The molecule has 1 aromatic rings. The standard InChI is InChI=1S/C18H25N5O3/c1-21-8-7-20-16(21)14-10-19-6-9-22(14)15(24)11-23-17(25)12-4-2-3-5-13(12)18(23)26/h7-8,12-14,19H,2-6,9-11H2,1H3. The molecule has 0 radical (unpaired) electrons. The van der Waals surface area contributed by atoms with Gasteiger partial charge >= 0.3 is 0 Å². The molecule has 0 spiro atoms. The van der Waals surface area contributed by atoms with E-state index >= 15 is 0 Å². The summed E-state index contributed by atoms with van der Waals surface area (Å²) in [4.78, 5) is 45.6. The van der Waals surface area contributed by atoms with Gasteiger partial charge in [0.15, 0.2) is 0 Å². The van der Waals surface area contributed by atoms with Crippen LogP contribution in [-0.2, 0) is 21.4 Å². The van der Waals surface area contributed by atoms with E-state index < -0.39 is 0 Å². The van der Waals surface area contributed by atoms with Crippen LogP contribution >= 0.6 is 0 Å². The third-order valence-electron chi connectivity index (χ3n) is 5.95. The van der Waals surface area contributed by atoms with Crippen LogP contribution in [0.1, 0.15) is 37.5 Å². The first-order valence-electron chi connectivity index (χ1n) is 9.40. The highest BCUT2D eigenvalue weighted by atomic mass is 16.2. The Morgan fingerprint density at radius 1 is 1.23 bits per heavy atom. The molecule has 4 rings (SSSR count). The number of nitrogens with one attached hydrogen (secondary N) is 1. The molecular formula is C18H25N5O3. The zero-order chi connectivity index (χ0) is 18.3. The Hall–Kier alpha value is -2.22. The van der Waals surface area contributed by atoms with Crippen molar-refractivity contribution in [2.45, 2.75) is 31.7 Å². The van der Waals surface area contributed by atoms with E-state index in [4.69, 9.17) is 0 Å². The molecule has 0 bridgehead atoms. The first kappa shape index (κ1) is 17.2. The number of likely N-dealkylation sites (tertiary alicyclic amines) is 1. The summed E-state index contributed by atoms with van der Waals surface area (Å²) in [5.74, 6) is -0.110. The van der Waals surface area contributed by atoms with Crippen molar-refractivity contribution >= 4 is 17.7 Å². The molecule has 3 heterocycles. The van der Waals surface area contributed by atoms with Gasteiger partial charge in [0.1, 0.15) is 18.4 Å². The highest BCUT2D eigenvalue weighted by molar-refractivity contribution is 6.07. The number of rotatable bonds is 3. The highest BCUT2D eigenvalue weighted by Gasteiger charge is 2.49. The number of imide groups is 1. The van der Waals surface area contributed by atoms with Crippen LogP contribution in [0.2, 0.25) is 0 Å². The summed E-state index contributed by atoms with van der Waals surface area (Å²) >= 11 is 0. The number of imidazole rings is 1. The second kappa shape index (κ2) is 6.83. The minimum Gasteiger partial charge on any atom is -0.336 e. The molecule has 8 nitrogen and oxygen atoms in total. The zero-order valence-corrected chi connectivity index (χ0v) is 15.1. The second-order valence-corrected chi connectivity index (χ2v) is 7.46. The molecule has 1 N–H and O–H groups in total. The lowest BCUT2D eigenvalue weighted by molar-refractivity contribution is -0.148. The van der Waals surface area contributed by atoms with Crippen LogP contribution in [0.4, 0.5) is 0 Å². The molecule has 3 unspecified atom stereocenters. The summed E-state index contributed by atoms with van der Waals surface area (Å²) in [5, 5.41) is 3.29. The van der Waals surface area contributed by atoms with E-state index in [9.17, 15) is 14.4 Å². The number of amides is 3. The summed E-state index contributed by atoms with van der Waals surface area (Å²) in [6.07, 6.45) is 7.07. The lowest BCUT2D eigenvalue weighted by Gasteiger charge is -2.36. The predicted molar refractivity (Wildman–Crippen MR) is 92.7 cm³/mol. The molecule has 1 aromatic heterocycles. The monoisotopic (exact) mass is 359 g/mol. The molecular weight excluding hydrogens is 334 g/mol. The fourth-order valence-electron chi connectivity index (χ4n) is 4.54. The van der Waals surface area contributed by atoms with Crippen LogP contribution in [0.5, 0.6) is 0 Å². The number of piperazine rings is 1. The van der Waals surface area contributed by atoms with Crippen molar-refractivity contribution in [3.63, 3.8) is 0 Å². The van der Waals surface area contributed by atoms with Crippen molar-refractivity contribution in [3.8, 4) is 0 Å². The van der Waals surface area contributed by atoms with Gasteiger partial charge in [-0.15, -0.1) is 0 Å². The lowest BCUT2D eigenvalue weighted by Crippen LogP contribution is -2.52. The summed E-state index contributed by atoms with van der Waals surface area (Å²) in [7, 11) is 1.90. The topological polar surface area (TPSA) is 87.5 Å². The van der Waals surface area contributed by atoms with Crippen molar-refractivity contribution in [2.75, 3.05) is 26.2 Å². The van der Waals surface area contributed by atoms with Crippen molar-refractivity contribution < 1.29 is 14.4 Å². The molecule has 8 heteroatoms. The van der Waals surface area contributed by atoms with Crippen LogP contribution < -0.4 is 5.32 Å². The third-order valence-corrected chi connectivity index (χ3v) is 5.95. The maximum atomic E-state index is 13.0. The zero-order valence-electron chi connectivity index (χ0n) is 15.1. The molecule has 3 amide bonds. The molecule has 140 valence electrons. The average Bonchev–Trinajstić information content (AvgIpc) is 3.19. The van der Waals surface area contributed by atoms with Crippen LogP contribution in [-0.4, -0.2) is 63.3 Å². The predicted octanol–water partition coefficient (Wildman–Crippen LogP) is 0.0682. The summed E-state index contributed by atoms with van der Waals surface area (Å²) in [6, 6.07) is -0.189. The SMILES string of the molecule is Cn1ccnc1C1CNCCN1C(=O)CN1C(=O)C2CCCCC2C1=O. The van der Waals surface area contributed by atoms with Gasteiger partial charge in [-0.05, 0) is 12.8 Å². The van der Waals surface area contributed by atoms with Gasteiger partial charge in [0.25, 0.3) is 0 Å². The van der Waals surface area contributed by atoms with Crippen molar-refractivity contribution in [3.05, 3.63) is 18.2 Å². The number of aryl methyl sites for hydroxylation is 1. The molecule has 2 aliphatic heterocycles. The second-order valence-electron chi connectivity index (χ2n) is 7.46. The normalized spacial score (nSPS) is 29.2. The number of aromatic nitrogens is 2. The number of carbonyl (C=O) groups excluding carboxylic acids is 3. The Morgan fingerprint density at radius 3 is 2.54 bits per heavy atom. The van der Waals surface area contributed by atoms with Gasteiger partial charge in [-0.2, -0.15) is 0 Å². The van der Waals surface area contributed by atoms with Gasteiger partial charge in [0, 0.05) is 39.1 Å². The molecule has 0 aromatic carbocycles.